The Hall–Kier alpha value is -2.50. The number of carbonyl (C=O) groups excluding carboxylic acids is 5. The third kappa shape index (κ3) is 6.50. The summed E-state index contributed by atoms with van der Waals surface area (Å²) in [7, 11) is 0. The zero-order valence-corrected chi connectivity index (χ0v) is 22.3. The fraction of sp³-hybridized carbons (Fsp3) is 0.792. The van der Waals surface area contributed by atoms with E-state index in [1.54, 1.807) is 20.8 Å². The van der Waals surface area contributed by atoms with E-state index in [-0.39, 0.29) is 30.8 Å². The van der Waals surface area contributed by atoms with Gasteiger partial charge in [-0.15, -0.1) is 0 Å². The molecule has 37 heavy (non-hydrogen) atoms. The molecule has 0 aromatic rings. The van der Waals surface area contributed by atoms with Crippen LogP contribution in [-0.4, -0.2) is 83.0 Å². The molecule has 3 N–H and O–H groups in total. The number of rotatable bonds is 7. The Balaban J connectivity index is 1.86. The largest absolute Gasteiger partial charge is 0.356 e. The summed E-state index contributed by atoms with van der Waals surface area (Å²) in [5, 5.41) is 5.81. The second kappa shape index (κ2) is 11.5. The first kappa shape index (κ1) is 29.1. The van der Waals surface area contributed by atoms with E-state index in [0.717, 1.165) is 19.8 Å². The quantitative estimate of drug-likeness (QED) is 0.324. The minimum atomic E-state index is -2.44. The molecule has 3 fully saturated rings. The van der Waals surface area contributed by atoms with Gasteiger partial charge in [0.1, 0.15) is 12.1 Å². The molecule has 0 aromatic heterocycles. The van der Waals surface area contributed by atoms with E-state index in [0.29, 0.717) is 24.4 Å². The maximum atomic E-state index is 13.8. The van der Waals surface area contributed by atoms with Crippen molar-refractivity contribution in [3.63, 3.8) is 0 Å². The first-order valence-corrected chi connectivity index (χ1v) is 13.1. The third-order valence-corrected chi connectivity index (χ3v) is 7.65. The van der Waals surface area contributed by atoms with Crippen molar-refractivity contribution in [2.75, 3.05) is 19.6 Å². The minimum absolute atomic E-state index is 0.0304. The van der Waals surface area contributed by atoms with Gasteiger partial charge in [0.05, 0.1) is 12.5 Å². The molecule has 2 heterocycles. The molecule has 7 atom stereocenters. The second-order valence-electron chi connectivity index (χ2n) is 11.2. The van der Waals surface area contributed by atoms with Crippen LogP contribution in [0.15, 0.2) is 0 Å². The number of nitrogens with zero attached hydrogens (tertiary/aromatic N) is 2. The van der Waals surface area contributed by atoms with E-state index >= 15 is 0 Å². The van der Waals surface area contributed by atoms with E-state index in [4.69, 9.17) is 11.6 Å². The summed E-state index contributed by atoms with van der Waals surface area (Å²) in [6.45, 7) is 6.62. The van der Waals surface area contributed by atoms with Crippen molar-refractivity contribution in [1.82, 2.24) is 26.0 Å². The van der Waals surface area contributed by atoms with Gasteiger partial charge in [-0.3, -0.25) is 29.4 Å². The number of likely N-dealkylation sites (tertiary alicyclic amines) is 1. The van der Waals surface area contributed by atoms with Gasteiger partial charge in [0.25, 0.3) is 23.4 Å². The molecule has 2 saturated heterocycles. The van der Waals surface area contributed by atoms with Crippen molar-refractivity contribution >= 4 is 41.1 Å². The summed E-state index contributed by atoms with van der Waals surface area (Å²) in [5.41, 5.74) is -0.809. The summed E-state index contributed by atoms with van der Waals surface area (Å²) < 4.78 is 27.4. The van der Waals surface area contributed by atoms with Gasteiger partial charge in [-0.05, 0) is 43.4 Å². The van der Waals surface area contributed by atoms with E-state index in [1.807, 2.05) is 0 Å². The van der Waals surface area contributed by atoms with Crippen molar-refractivity contribution in [1.29, 1.82) is 0 Å². The smallest absolute Gasteiger partial charge is 0.291 e. The van der Waals surface area contributed by atoms with Gasteiger partial charge in [0, 0.05) is 13.1 Å². The Morgan fingerprint density at radius 3 is 2.41 bits per heavy atom. The summed E-state index contributed by atoms with van der Waals surface area (Å²) >= 11 is 5.38. The lowest BCUT2D eigenvalue weighted by Crippen LogP contribution is -2.61. The Labute approximate surface area is 220 Å². The molecule has 1 aliphatic carbocycles. The predicted molar refractivity (Wildman–Crippen MR) is 130 cm³/mol. The summed E-state index contributed by atoms with van der Waals surface area (Å²) in [6, 6.07) is -2.10. The number of alkyl halides is 3. The van der Waals surface area contributed by atoms with Gasteiger partial charge in [-0.2, -0.15) is 0 Å². The minimum Gasteiger partial charge on any atom is -0.356 e. The van der Waals surface area contributed by atoms with Crippen LogP contribution < -0.4 is 16.1 Å². The topological polar surface area (TPSA) is 128 Å². The van der Waals surface area contributed by atoms with Crippen LogP contribution in [0.3, 0.4) is 0 Å². The van der Waals surface area contributed by atoms with E-state index in [2.05, 4.69) is 16.1 Å². The highest BCUT2D eigenvalue weighted by molar-refractivity contribution is 6.29. The second-order valence-corrected chi connectivity index (χ2v) is 11.6. The zero-order chi connectivity index (χ0) is 27.7. The molecule has 0 radical (unpaired) electrons. The molecule has 1 saturated carbocycles. The normalized spacial score (nSPS) is 27.6. The number of halogens is 3. The Morgan fingerprint density at radius 2 is 1.86 bits per heavy atom. The Bertz CT molecular complexity index is 928. The molecule has 0 bridgehead atoms. The van der Waals surface area contributed by atoms with Crippen LogP contribution in [0, 0.1) is 23.2 Å². The van der Waals surface area contributed by atoms with Crippen LogP contribution in [0.5, 0.6) is 0 Å². The first-order chi connectivity index (χ1) is 17.2. The van der Waals surface area contributed by atoms with Crippen molar-refractivity contribution in [3.05, 3.63) is 0 Å². The van der Waals surface area contributed by atoms with Crippen LogP contribution in [0.4, 0.5) is 8.78 Å². The van der Waals surface area contributed by atoms with Crippen molar-refractivity contribution in [2.24, 2.45) is 23.2 Å². The van der Waals surface area contributed by atoms with Gasteiger partial charge >= 0.3 is 0 Å². The lowest BCUT2D eigenvalue weighted by molar-refractivity contribution is -0.150. The number of carbonyl (C=O) groups is 5. The van der Waals surface area contributed by atoms with Crippen LogP contribution in [-0.2, 0) is 24.0 Å². The van der Waals surface area contributed by atoms with Gasteiger partial charge in [0.2, 0.25) is 11.8 Å². The lowest BCUT2D eigenvalue weighted by Gasteiger charge is -2.37. The number of amides is 5. The number of fused-ring (bicyclic) bond motifs is 1. The standard InChI is InChI=1S/C24H36ClF2N5O5/c1-12(26)19(33)29-17(24(2,3)4)22(36)31-10-13-6-5-7-15(13)16(31)21(35)30-32(23(37)18(25)27)11-14-8-9-28-20(14)34/h12-18H,5-11H2,1-4H3,(H,28,34)(H,29,33)(H,30,35)/t12?,13-,14-,15-,16-,17+,18-/m0/s1. The fourth-order valence-electron chi connectivity index (χ4n) is 5.49. The van der Waals surface area contributed by atoms with Gasteiger partial charge in [-0.25, -0.2) is 13.8 Å². The highest BCUT2D eigenvalue weighted by Gasteiger charge is 2.52. The highest BCUT2D eigenvalue weighted by atomic mass is 35.5. The molecule has 5 amide bonds. The van der Waals surface area contributed by atoms with Crippen LogP contribution >= 0.6 is 11.6 Å². The first-order valence-electron chi connectivity index (χ1n) is 12.6. The van der Waals surface area contributed by atoms with E-state index in [9.17, 15) is 32.8 Å². The monoisotopic (exact) mass is 547 g/mol. The molecule has 10 nitrogen and oxygen atoms in total. The number of nitrogens with one attached hydrogen (secondary N) is 3. The van der Waals surface area contributed by atoms with Crippen LogP contribution in [0.25, 0.3) is 0 Å². The van der Waals surface area contributed by atoms with Gasteiger partial charge < -0.3 is 15.5 Å². The van der Waals surface area contributed by atoms with Crippen LogP contribution in [0.1, 0.15) is 53.4 Å². The molecule has 0 aromatic carbocycles. The van der Waals surface area contributed by atoms with Crippen LogP contribution in [0.2, 0.25) is 0 Å². The Morgan fingerprint density at radius 1 is 1.19 bits per heavy atom. The number of hydrazine groups is 1. The SMILES string of the molecule is CC(F)C(=O)N[C@H](C(=O)N1C[C@@H]2CCC[C@@H]2[C@H]1C(=O)NN(C[C@@H]1CCNC1=O)C(=O)[C@H](F)Cl)C(C)(C)C. The Kier molecular flexibility index (Phi) is 9.02. The summed E-state index contributed by atoms with van der Waals surface area (Å²) in [5.74, 6) is -4.54. The maximum Gasteiger partial charge on any atom is 0.291 e. The van der Waals surface area contributed by atoms with Gasteiger partial charge in [0.15, 0.2) is 6.17 Å². The zero-order valence-electron chi connectivity index (χ0n) is 21.6. The molecule has 3 aliphatic rings. The summed E-state index contributed by atoms with van der Waals surface area (Å²) in [6.07, 6.45) is 0.896. The van der Waals surface area contributed by atoms with Gasteiger partial charge in [-0.1, -0.05) is 38.8 Å². The highest BCUT2D eigenvalue weighted by Crippen LogP contribution is 2.43. The average molecular weight is 548 g/mol. The maximum absolute atomic E-state index is 13.8. The molecule has 208 valence electrons. The molecular formula is C24H36ClF2N5O5. The number of hydrogen-bond donors (Lipinski definition) is 3. The molecule has 3 rings (SSSR count). The molecule has 2 aliphatic heterocycles. The van der Waals surface area contributed by atoms with E-state index < -0.39 is 58.8 Å². The van der Waals surface area contributed by atoms with Crippen molar-refractivity contribution in [2.45, 2.75) is 77.3 Å². The molecule has 1 unspecified atom stereocenters. The summed E-state index contributed by atoms with van der Waals surface area (Å²) in [4.78, 5) is 65.3. The predicted octanol–water partition coefficient (Wildman–Crippen LogP) is 1.03. The van der Waals surface area contributed by atoms with Crippen molar-refractivity contribution < 1.29 is 32.8 Å². The average Bonchev–Trinajstić information content (AvgIpc) is 3.51. The molecule has 0 spiro atoms. The molecular weight excluding hydrogens is 512 g/mol. The lowest BCUT2D eigenvalue weighted by atomic mass is 9.85. The van der Waals surface area contributed by atoms with Crippen molar-refractivity contribution in [3.8, 4) is 0 Å². The molecule has 13 heteroatoms. The number of hydrogen-bond acceptors (Lipinski definition) is 5. The fourth-order valence-corrected chi connectivity index (χ4v) is 5.60. The third-order valence-electron chi connectivity index (χ3n) is 7.47. The van der Waals surface area contributed by atoms with E-state index in [1.165, 1.54) is 4.90 Å².